The van der Waals surface area contributed by atoms with E-state index in [0.717, 1.165) is 31.6 Å². The Hall–Kier alpha value is -2.09. The van der Waals surface area contributed by atoms with Crippen molar-refractivity contribution in [3.05, 3.63) is 29.6 Å². The second-order valence-electron chi connectivity index (χ2n) is 4.87. The fourth-order valence-electron chi connectivity index (χ4n) is 2.54. The Balaban J connectivity index is 2.06. The first-order valence-corrected chi connectivity index (χ1v) is 6.33. The largest absolute Gasteiger partial charge is 0.370 e. The van der Waals surface area contributed by atoms with Crippen molar-refractivity contribution in [1.82, 2.24) is 0 Å². The molecule has 2 rings (SSSR count). The van der Waals surface area contributed by atoms with E-state index in [1.165, 1.54) is 12.1 Å². The molecule has 5 heteroatoms. The van der Waals surface area contributed by atoms with E-state index in [2.05, 4.69) is 4.90 Å². The van der Waals surface area contributed by atoms with Crippen LogP contribution in [0.25, 0.3) is 0 Å². The van der Waals surface area contributed by atoms with Crippen molar-refractivity contribution in [3.63, 3.8) is 0 Å². The third-order valence-corrected chi connectivity index (χ3v) is 3.52. The van der Waals surface area contributed by atoms with E-state index in [1.807, 2.05) is 6.07 Å². The Morgan fingerprint density at radius 3 is 2.74 bits per heavy atom. The van der Waals surface area contributed by atoms with Crippen LogP contribution in [-0.2, 0) is 4.79 Å². The second kappa shape index (κ2) is 5.70. The minimum atomic E-state index is -0.399. The third-order valence-electron chi connectivity index (χ3n) is 3.52. The summed E-state index contributed by atoms with van der Waals surface area (Å²) in [6, 6.07) is 6.28. The maximum atomic E-state index is 13.1. The normalized spacial score (nSPS) is 16.1. The molecule has 1 aromatic rings. The SMILES string of the molecule is N#Cc1cc(F)ccc1N1CCC(CC(N)=O)CC1. The number of anilines is 1. The van der Waals surface area contributed by atoms with Gasteiger partial charge in [0.15, 0.2) is 0 Å². The van der Waals surface area contributed by atoms with E-state index < -0.39 is 5.82 Å². The number of hydrogen-bond acceptors (Lipinski definition) is 3. The van der Waals surface area contributed by atoms with Crippen LogP contribution >= 0.6 is 0 Å². The molecule has 2 N–H and O–H groups in total. The summed E-state index contributed by atoms with van der Waals surface area (Å²) in [4.78, 5) is 12.9. The Labute approximate surface area is 111 Å². The summed E-state index contributed by atoms with van der Waals surface area (Å²) >= 11 is 0. The predicted octanol–water partition coefficient (Wildman–Crippen LogP) is 1.79. The molecule has 0 radical (unpaired) electrons. The van der Waals surface area contributed by atoms with Crippen LogP contribution in [0.1, 0.15) is 24.8 Å². The summed E-state index contributed by atoms with van der Waals surface area (Å²) in [5, 5.41) is 9.04. The first-order valence-electron chi connectivity index (χ1n) is 6.33. The van der Waals surface area contributed by atoms with Gasteiger partial charge in [-0.15, -0.1) is 0 Å². The van der Waals surface area contributed by atoms with Crippen LogP contribution in [0.3, 0.4) is 0 Å². The van der Waals surface area contributed by atoms with Gasteiger partial charge in [0.1, 0.15) is 11.9 Å². The van der Waals surface area contributed by atoms with Gasteiger partial charge in [0.05, 0.1) is 11.3 Å². The zero-order valence-electron chi connectivity index (χ0n) is 10.6. The lowest BCUT2D eigenvalue weighted by atomic mass is 9.92. The van der Waals surface area contributed by atoms with Crippen LogP contribution in [0.2, 0.25) is 0 Å². The molecule has 0 aromatic heterocycles. The molecule has 100 valence electrons. The Bertz CT molecular complexity index is 516. The number of amides is 1. The summed E-state index contributed by atoms with van der Waals surface area (Å²) in [6.07, 6.45) is 2.15. The summed E-state index contributed by atoms with van der Waals surface area (Å²) in [5.74, 6) is -0.346. The number of piperidine rings is 1. The van der Waals surface area contributed by atoms with Crippen molar-refractivity contribution in [3.8, 4) is 6.07 Å². The highest BCUT2D eigenvalue weighted by atomic mass is 19.1. The van der Waals surface area contributed by atoms with Crippen LogP contribution in [-0.4, -0.2) is 19.0 Å². The molecule has 0 saturated carbocycles. The first kappa shape index (κ1) is 13.3. The van der Waals surface area contributed by atoms with Gasteiger partial charge < -0.3 is 10.6 Å². The number of carbonyl (C=O) groups excluding carboxylic acids is 1. The molecule has 1 aliphatic rings. The maximum Gasteiger partial charge on any atom is 0.217 e. The number of rotatable bonds is 3. The molecule has 1 saturated heterocycles. The molecule has 19 heavy (non-hydrogen) atoms. The number of nitrogens with two attached hydrogens (primary N) is 1. The van der Waals surface area contributed by atoms with Crippen molar-refractivity contribution in [2.24, 2.45) is 11.7 Å². The lowest BCUT2D eigenvalue weighted by molar-refractivity contribution is -0.119. The average Bonchev–Trinajstić information content (AvgIpc) is 2.39. The van der Waals surface area contributed by atoms with E-state index in [0.29, 0.717) is 17.9 Å². The Morgan fingerprint density at radius 2 is 2.16 bits per heavy atom. The smallest absolute Gasteiger partial charge is 0.217 e. The molecule has 1 aromatic carbocycles. The molecule has 0 unspecified atom stereocenters. The van der Waals surface area contributed by atoms with Crippen molar-refractivity contribution < 1.29 is 9.18 Å². The van der Waals surface area contributed by atoms with Crippen molar-refractivity contribution >= 4 is 11.6 Å². The maximum absolute atomic E-state index is 13.1. The van der Waals surface area contributed by atoms with Gasteiger partial charge in [-0.2, -0.15) is 5.26 Å². The first-order chi connectivity index (χ1) is 9.10. The molecule has 0 bridgehead atoms. The number of hydrogen-bond donors (Lipinski definition) is 1. The van der Waals surface area contributed by atoms with E-state index >= 15 is 0 Å². The summed E-state index contributed by atoms with van der Waals surface area (Å²) in [7, 11) is 0. The highest BCUT2D eigenvalue weighted by molar-refractivity contribution is 5.74. The molecule has 4 nitrogen and oxygen atoms in total. The number of benzene rings is 1. The molecule has 1 amide bonds. The lowest BCUT2D eigenvalue weighted by Crippen LogP contribution is -2.35. The van der Waals surface area contributed by atoms with Gasteiger partial charge in [-0.1, -0.05) is 0 Å². The summed E-state index contributed by atoms with van der Waals surface area (Å²) < 4.78 is 13.1. The van der Waals surface area contributed by atoms with E-state index in [1.54, 1.807) is 6.07 Å². The molecule has 1 aliphatic heterocycles. The zero-order valence-corrected chi connectivity index (χ0v) is 10.6. The number of primary amides is 1. The highest BCUT2D eigenvalue weighted by Gasteiger charge is 2.22. The molecule has 1 heterocycles. The number of carbonyl (C=O) groups is 1. The predicted molar refractivity (Wildman–Crippen MR) is 69.9 cm³/mol. The number of nitrogens with zero attached hydrogens (tertiary/aromatic N) is 2. The fourth-order valence-corrected chi connectivity index (χ4v) is 2.54. The van der Waals surface area contributed by atoms with Gasteiger partial charge in [0.2, 0.25) is 5.91 Å². The van der Waals surface area contributed by atoms with Crippen molar-refractivity contribution in [2.75, 3.05) is 18.0 Å². The van der Waals surface area contributed by atoms with Gasteiger partial charge in [-0.25, -0.2) is 4.39 Å². The molecular weight excluding hydrogens is 245 g/mol. The quantitative estimate of drug-likeness (QED) is 0.901. The average molecular weight is 261 g/mol. The molecule has 0 spiro atoms. The van der Waals surface area contributed by atoms with Gasteiger partial charge in [0.25, 0.3) is 0 Å². The van der Waals surface area contributed by atoms with Crippen LogP contribution in [0.4, 0.5) is 10.1 Å². The van der Waals surface area contributed by atoms with E-state index in [9.17, 15) is 9.18 Å². The van der Waals surface area contributed by atoms with Crippen LogP contribution in [0, 0.1) is 23.1 Å². The molecule has 0 atom stereocenters. The second-order valence-corrected chi connectivity index (χ2v) is 4.87. The fraction of sp³-hybridized carbons (Fsp3) is 0.429. The molecule has 0 aliphatic carbocycles. The summed E-state index contributed by atoms with van der Waals surface area (Å²) in [5.41, 5.74) is 6.31. The molecular formula is C14H16FN3O. The molecule has 1 fully saturated rings. The van der Waals surface area contributed by atoms with Gasteiger partial charge in [-0.05, 0) is 37.0 Å². The zero-order chi connectivity index (χ0) is 13.8. The van der Waals surface area contributed by atoms with Crippen molar-refractivity contribution in [2.45, 2.75) is 19.3 Å². The van der Waals surface area contributed by atoms with Crippen LogP contribution in [0.15, 0.2) is 18.2 Å². The number of halogens is 1. The summed E-state index contributed by atoms with van der Waals surface area (Å²) in [6.45, 7) is 1.52. The van der Waals surface area contributed by atoms with Gasteiger partial charge >= 0.3 is 0 Å². The minimum absolute atomic E-state index is 0.266. The van der Waals surface area contributed by atoms with Crippen LogP contribution < -0.4 is 10.6 Å². The number of nitriles is 1. The Morgan fingerprint density at radius 1 is 1.47 bits per heavy atom. The van der Waals surface area contributed by atoms with E-state index in [-0.39, 0.29) is 5.91 Å². The standard InChI is InChI=1S/C14H16FN3O/c15-12-1-2-13(11(8-12)9-16)18-5-3-10(4-6-18)7-14(17)19/h1-2,8,10H,3-7H2,(H2,17,19). The minimum Gasteiger partial charge on any atom is -0.370 e. The third kappa shape index (κ3) is 3.22. The van der Waals surface area contributed by atoms with Crippen LogP contribution in [0.5, 0.6) is 0 Å². The van der Waals surface area contributed by atoms with Gasteiger partial charge in [-0.3, -0.25) is 4.79 Å². The monoisotopic (exact) mass is 261 g/mol. The van der Waals surface area contributed by atoms with Crippen molar-refractivity contribution in [1.29, 1.82) is 5.26 Å². The topological polar surface area (TPSA) is 70.1 Å². The lowest BCUT2D eigenvalue weighted by Gasteiger charge is -2.33. The van der Waals surface area contributed by atoms with E-state index in [4.69, 9.17) is 11.0 Å². The Kier molecular flexibility index (Phi) is 4.00. The highest BCUT2D eigenvalue weighted by Crippen LogP contribution is 2.27. The van der Waals surface area contributed by atoms with Gasteiger partial charge in [0, 0.05) is 19.5 Å².